The van der Waals surface area contributed by atoms with Crippen molar-refractivity contribution in [1.82, 2.24) is 9.97 Å². The molecule has 0 aromatic carbocycles. The summed E-state index contributed by atoms with van der Waals surface area (Å²) in [4.78, 5) is 12.1. The molecule has 1 aromatic heterocycles. The number of rotatable bonds is 3. The van der Waals surface area contributed by atoms with Gasteiger partial charge in [0.2, 0.25) is 6.54 Å². The van der Waals surface area contributed by atoms with E-state index in [0.29, 0.717) is 18.9 Å². The number of hydrogen-bond donors (Lipinski definition) is 0. The SMILES string of the molecule is [C-]#[N+]CCc1nc(C2CC2)ncc1Br. The zero-order chi connectivity index (χ0) is 9.97. The molecule has 1 fully saturated rings. The molecule has 4 heteroatoms. The third-order valence-corrected chi connectivity index (χ3v) is 2.90. The van der Waals surface area contributed by atoms with Gasteiger partial charge in [0, 0.05) is 12.1 Å². The second-order valence-corrected chi connectivity index (χ2v) is 4.28. The van der Waals surface area contributed by atoms with Crippen molar-refractivity contribution in [3.05, 3.63) is 33.6 Å². The van der Waals surface area contributed by atoms with Crippen LogP contribution in [-0.4, -0.2) is 16.5 Å². The molecule has 0 aliphatic heterocycles. The van der Waals surface area contributed by atoms with Crippen LogP contribution in [0.15, 0.2) is 10.7 Å². The quantitative estimate of drug-likeness (QED) is 0.774. The Kier molecular flexibility index (Phi) is 2.78. The molecule has 0 bridgehead atoms. The Labute approximate surface area is 91.5 Å². The van der Waals surface area contributed by atoms with Gasteiger partial charge in [-0.3, -0.25) is 0 Å². The Hall–Kier alpha value is -0.950. The van der Waals surface area contributed by atoms with Crippen LogP contribution in [0.25, 0.3) is 4.85 Å². The summed E-state index contributed by atoms with van der Waals surface area (Å²) in [5.41, 5.74) is 0.970. The van der Waals surface area contributed by atoms with Gasteiger partial charge in [0.15, 0.2) is 0 Å². The van der Waals surface area contributed by atoms with Crippen LogP contribution in [0.4, 0.5) is 0 Å². The second kappa shape index (κ2) is 4.05. The van der Waals surface area contributed by atoms with Crippen molar-refractivity contribution in [3.8, 4) is 0 Å². The van der Waals surface area contributed by atoms with Gasteiger partial charge in [-0.2, -0.15) is 0 Å². The van der Waals surface area contributed by atoms with E-state index in [0.717, 1.165) is 16.0 Å². The zero-order valence-corrected chi connectivity index (χ0v) is 9.29. The zero-order valence-electron chi connectivity index (χ0n) is 7.70. The first-order valence-electron chi connectivity index (χ1n) is 4.66. The molecule has 1 heterocycles. The maximum absolute atomic E-state index is 6.74. The summed E-state index contributed by atoms with van der Waals surface area (Å²) in [7, 11) is 0. The Morgan fingerprint density at radius 3 is 3.00 bits per heavy atom. The highest BCUT2D eigenvalue weighted by Gasteiger charge is 2.26. The smallest absolute Gasteiger partial charge is 0.220 e. The van der Waals surface area contributed by atoms with Gasteiger partial charge >= 0.3 is 0 Å². The lowest BCUT2D eigenvalue weighted by Crippen LogP contribution is -2.00. The molecule has 1 saturated carbocycles. The molecule has 0 spiro atoms. The highest BCUT2D eigenvalue weighted by Crippen LogP contribution is 2.38. The van der Waals surface area contributed by atoms with Gasteiger partial charge in [-0.1, -0.05) is 0 Å². The summed E-state index contributed by atoms with van der Waals surface area (Å²) in [5, 5.41) is 0. The maximum atomic E-state index is 6.74. The lowest BCUT2D eigenvalue weighted by molar-refractivity contribution is 0.863. The van der Waals surface area contributed by atoms with Crippen molar-refractivity contribution in [2.75, 3.05) is 6.54 Å². The molecule has 0 saturated heterocycles. The number of nitrogens with zero attached hydrogens (tertiary/aromatic N) is 3. The molecule has 14 heavy (non-hydrogen) atoms. The van der Waals surface area contributed by atoms with Crippen molar-refractivity contribution in [3.63, 3.8) is 0 Å². The highest BCUT2D eigenvalue weighted by molar-refractivity contribution is 9.10. The van der Waals surface area contributed by atoms with E-state index in [1.807, 2.05) is 0 Å². The summed E-state index contributed by atoms with van der Waals surface area (Å²) in [6.45, 7) is 7.24. The van der Waals surface area contributed by atoms with Crippen molar-refractivity contribution in [2.24, 2.45) is 0 Å². The van der Waals surface area contributed by atoms with Crippen LogP contribution in [0.3, 0.4) is 0 Å². The van der Waals surface area contributed by atoms with E-state index < -0.39 is 0 Å². The van der Waals surface area contributed by atoms with E-state index in [1.165, 1.54) is 12.8 Å². The molecule has 0 N–H and O–H groups in total. The Balaban J connectivity index is 2.19. The maximum Gasteiger partial charge on any atom is 0.220 e. The third kappa shape index (κ3) is 2.10. The van der Waals surface area contributed by atoms with E-state index in [1.54, 1.807) is 6.20 Å². The minimum absolute atomic E-state index is 0.500. The van der Waals surface area contributed by atoms with Crippen LogP contribution in [-0.2, 0) is 6.42 Å². The topological polar surface area (TPSA) is 30.1 Å². The van der Waals surface area contributed by atoms with Crippen LogP contribution in [0, 0.1) is 6.57 Å². The van der Waals surface area contributed by atoms with Gasteiger partial charge in [-0.05, 0) is 28.8 Å². The normalized spacial score (nSPS) is 15.1. The first kappa shape index (κ1) is 9.60. The van der Waals surface area contributed by atoms with Gasteiger partial charge in [0.25, 0.3) is 0 Å². The van der Waals surface area contributed by atoms with E-state index in [2.05, 4.69) is 30.7 Å². The second-order valence-electron chi connectivity index (χ2n) is 3.43. The van der Waals surface area contributed by atoms with Crippen LogP contribution in [0.5, 0.6) is 0 Å². The molecule has 72 valence electrons. The molecule has 0 amide bonds. The molecule has 0 radical (unpaired) electrons. The number of halogens is 1. The molecular formula is C10H10BrN3. The molecule has 0 atom stereocenters. The Bertz CT molecular complexity index is 379. The Morgan fingerprint density at radius 2 is 2.36 bits per heavy atom. The minimum atomic E-state index is 0.500. The van der Waals surface area contributed by atoms with Crippen molar-refractivity contribution in [1.29, 1.82) is 0 Å². The first-order valence-corrected chi connectivity index (χ1v) is 5.45. The van der Waals surface area contributed by atoms with Crippen LogP contribution >= 0.6 is 15.9 Å². The highest BCUT2D eigenvalue weighted by atomic mass is 79.9. The molecule has 1 aliphatic carbocycles. The largest absolute Gasteiger partial charge is 0.317 e. The summed E-state index contributed by atoms with van der Waals surface area (Å²) < 4.78 is 0.922. The number of hydrogen-bond acceptors (Lipinski definition) is 2. The van der Waals surface area contributed by atoms with Gasteiger partial charge in [0.05, 0.1) is 16.6 Å². The van der Waals surface area contributed by atoms with Gasteiger partial charge < -0.3 is 4.85 Å². The van der Waals surface area contributed by atoms with Gasteiger partial charge in [0.1, 0.15) is 5.82 Å². The molecule has 1 aliphatic rings. The first-order chi connectivity index (χ1) is 6.81. The average Bonchev–Trinajstić information content (AvgIpc) is 3.00. The van der Waals surface area contributed by atoms with Gasteiger partial charge in [-0.15, -0.1) is 0 Å². The fraction of sp³-hybridized carbons (Fsp3) is 0.500. The molecule has 1 aromatic rings. The van der Waals surface area contributed by atoms with Crippen LogP contribution in [0.2, 0.25) is 0 Å². The van der Waals surface area contributed by atoms with Crippen molar-refractivity contribution < 1.29 is 0 Å². The lowest BCUT2D eigenvalue weighted by Gasteiger charge is -2.02. The van der Waals surface area contributed by atoms with Gasteiger partial charge in [-0.25, -0.2) is 16.5 Å². The summed E-state index contributed by atoms with van der Waals surface area (Å²) in [5.74, 6) is 1.53. The van der Waals surface area contributed by atoms with E-state index >= 15 is 0 Å². The molecular weight excluding hydrogens is 242 g/mol. The van der Waals surface area contributed by atoms with Crippen molar-refractivity contribution >= 4 is 15.9 Å². The third-order valence-electron chi connectivity index (χ3n) is 2.24. The van der Waals surface area contributed by atoms with Crippen LogP contribution in [0.1, 0.15) is 30.3 Å². The minimum Gasteiger partial charge on any atom is -0.317 e. The van der Waals surface area contributed by atoms with E-state index in [9.17, 15) is 0 Å². The molecule has 3 nitrogen and oxygen atoms in total. The number of aromatic nitrogens is 2. The van der Waals surface area contributed by atoms with Crippen molar-refractivity contribution in [2.45, 2.75) is 25.2 Å². The standard InChI is InChI=1S/C10H10BrN3/c1-12-5-4-9-8(11)6-13-10(14-9)7-2-3-7/h6-7H,2-5H2. The monoisotopic (exact) mass is 251 g/mol. The lowest BCUT2D eigenvalue weighted by atomic mass is 10.3. The Morgan fingerprint density at radius 1 is 1.57 bits per heavy atom. The summed E-state index contributed by atoms with van der Waals surface area (Å²) in [6, 6.07) is 0. The fourth-order valence-corrected chi connectivity index (χ4v) is 1.68. The summed E-state index contributed by atoms with van der Waals surface area (Å²) >= 11 is 3.40. The summed E-state index contributed by atoms with van der Waals surface area (Å²) in [6.07, 6.45) is 4.94. The van der Waals surface area contributed by atoms with E-state index in [4.69, 9.17) is 6.57 Å². The van der Waals surface area contributed by atoms with E-state index in [-0.39, 0.29) is 0 Å². The molecule has 2 rings (SSSR count). The predicted molar refractivity (Wildman–Crippen MR) is 56.9 cm³/mol. The van der Waals surface area contributed by atoms with Crippen LogP contribution < -0.4 is 0 Å². The predicted octanol–water partition coefficient (Wildman–Crippen LogP) is 2.58. The fourth-order valence-electron chi connectivity index (χ4n) is 1.29. The molecule has 0 unspecified atom stereocenters. The average molecular weight is 252 g/mol.